The van der Waals surface area contributed by atoms with Gasteiger partial charge in [-0.05, 0) is 35.8 Å². The molecule has 2 N–H and O–H groups in total. The molecule has 2 aromatic rings. The fraction of sp³-hybridized carbons (Fsp3) is 0.292. The van der Waals surface area contributed by atoms with Gasteiger partial charge in [-0.1, -0.05) is 36.4 Å². The van der Waals surface area contributed by atoms with Crippen LogP contribution < -0.4 is 10.6 Å². The zero-order chi connectivity index (χ0) is 23.3. The normalized spacial score (nSPS) is 17.2. The van der Waals surface area contributed by atoms with Crippen LogP contribution in [0.25, 0.3) is 5.57 Å². The first-order chi connectivity index (χ1) is 15.2. The second kappa shape index (κ2) is 10.2. The van der Waals surface area contributed by atoms with E-state index in [9.17, 15) is 23.2 Å². The average Bonchev–Trinajstić information content (AvgIpc) is 2.87. The number of nitrogens with zero attached hydrogens (tertiary/aromatic N) is 1. The van der Waals surface area contributed by atoms with Gasteiger partial charge in [0.2, 0.25) is 17.7 Å². The standard InChI is InChI=1S/C24H25F2N3O3/c1-15(27-22(30)12-16-10-19(25)14-20(26)11-16)23(31)28-21-13-18(8-9-29(2)24(21)32)17-6-4-3-5-7-17/h3-8,10-11,14-15,21H,9,12-13H2,1-2H3,(H,27,30)(H,28,31)/t15-,21-/m0/s1. The molecule has 0 saturated carbocycles. The zero-order valence-electron chi connectivity index (χ0n) is 17.9. The maximum atomic E-state index is 13.3. The van der Waals surface area contributed by atoms with Gasteiger partial charge in [0.1, 0.15) is 23.7 Å². The molecule has 0 unspecified atom stereocenters. The Hall–Kier alpha value is -3.55. The summed E-state index contributed by atoms with van der Waals surface area (Å²) in [5.74, 6) is -2.88. The fourth-order valence-electron chi connectivity index (χ4n) is 3.55. The highest BCUT2D eigenvalue weighted by Gasteiger charge is 2.29. The van der Waals surface area contributed by atoms with E-state index in [0.717, 1.165) is 29.3 Å². The molecule has 3 amide bonds. The van der Waals surface area contributed by atoms with E-state index in [0.29, 0.717) is 13.0 Å². The van der Waals surface area contributed by atoms with Crippen molar-refractivity contribution in [3.63, 3.8) is 0 Å². The van der Waals surface area contributed by atoms with Crippen LogP contribution in [0.1, 0.15) is 24.5 Å². The van der Waals surface area contributed by atoms with E-state index in [4.69, 9.17) is 0 Å². The van der Waals surface area contributed by atoms with Crippen LogP contribution in [-0.4, -0.2) is 48.3 Å². The van der Waals surface area contributed by atoms with Crippen molar-refractivity contribution in [2.75, 3.05) is 13.6 Å². The Morgan fingerprint density at radius 2 is 1.78 bits per heavy atom. The minimum absolute atomic E-state index is 0.158. The number of benzene rings is 2. The van der Waals surface area contributed by atoms with Crippen LogP contribution >= 0.6 is 0 Å². The van der Waals surface area contributed by atoms with Crippen molar-refractivity contribution >= 4 is 23.3 Å². The maximum Gasteiger partial charge on any atom is 0.245 e. The third-order valence-electron chi connectivity index (χ3n) is 5.23. The summed E-state index contributed by atoms with van der Waals surface area (Å²) in [5.41, 5.74) is 2.07. The Labute approximate surface area is 185 Å². The summed E-state index contributed by atoms with van der Waals surface area (Å²) in [6.45, 7) is 1.91. The summed E-state index contributed by atoms with van der Waals surface area (Å²) < 4.78 is 26.6. The molecule has 2 aromatic carbocycles. The summed E-state index contributed by atoms with van der Waals surface area (Å²) in [6.07, 6.45) is 2.00. The fourth-order valence-corrected chi connectivity index (χ4v) is 3.55. The molecule has 8 heteroatoms. The summed E-state index contributed by atoms with van der Waals surface area (Å²) >= 11 is 0. The molecule has 1 heterocycles. The van der Waals surface area contributed by atoms with E-state index < -0.39 is 35.5 Å². The molecule has 6 nitrogen and oxygen atoms in total. The summed E-state index contributed by atoms with van der Waals surface area (Å²) in [4.78, 5) is 39.2. The quantitative estimate of drug-likeness (QED) is 0.723. The second-order valence-electron chi connectivity index (χ2n) is 7.82. The predicted octanol–water partition coefficient (Wildman–Crippen LogP) is 2.44. The highest BCUT2D eigenvalue weighted by molar-refractivity contribution is 5.93. The van der Waals surface area contributed by atoms with E-state index in [1.165, 1.54) is 11.8 Å². The van der Waals surface area contributed by atoms with Crippen LogP contribution in [0, 0.1) is 11.6 Å². The van der Waals surface area contributed by atoms with Crippen molar-refractivity contribution in [1.82, 2.24) is 15.5 Å². The summed E-state index contributed by atoms with van der Waals surface area (Å²) in [6, 6.07) is 10.7. The topological polar surface area (TPSA) is 78.5 Å². The number of rotatable bonds is 6. The molecule has 32 heavy (non-hydrogen) atoms. The molecule has 0 bridgehead atoms. The first-order valence-electron chi connectivity index (χ1n) is 10.3. The highest BCUT2D eigenvalue weighted by Crippen LogP contribution is 2.23. The van der Waals surface area contributed by atoms with Crippen LogP contribution in [-0.2, 0) is 20.8 Å². The molecular formula is C24H25F2N3O3. The van der Waals surface area contributed by atoms with E-state index in [1.54, 1.807) is 7.05 Å². The SMILES string of the molecule is C[C@H](NC(=O)Cc1cc(F)cc(F)c1)C(=O)N[C@H]1CC(c2ccccc2)=CCN(C)C1=O. The highest BCUT2D eigenvalue weighted by atomic mass is 19.1. The smallest absolute Gasteiger partial charge is 0.245 e. The molecule has 0 spiro atoms. The Morgan fingerprint density at radius 1 is 1.12 bits per heavy atom. The van der Waals surface area contributed by atoms with Crippen molar-refractivity contribution in [2.45, 2.75) is 31.8 Å². The van der Waals surface area contributed by atoms with E-state index in [-0.39, 0.29) is 17.9 Å². The van der Waals surface area contributed by atoms with Crippen molar-refractivity contribution in [3.8, 4) is 0 Å². The number of likely N-dealkylation sites (N-methyl/N-ethyl adjacent to an activating group) is 1. The van der Waals surface area contributed by atoms with Gasteiger partial charge in [-0.15, -0.1) is 0 Å². The molecule has 3 rings (SSSR count). The average molecular weight is 441 g/mol. The maximum absolute atomic E-state index is 13.3. The second-order valence-corrected chi connectivity index (χ2v) is 7.82. The van der Waals surface area contributed by atoms with Gasteiger partial charge in [-0.3, -0.25) is 14.4 Å². The number of carbonyl (C=O) groups excluding carboxylic acids is 3. The summed E-state index contributed by atoms with van der Waals surface area (Å²) in [7, 11) is 1.66. The minimum Gasteiger partial charge on any atom is -0.344 e. The van der Waals surface area contributed by atoms with Crippen molar-refractivity contribution in [3.05, 3.63) is 77.4 Å². The van der Waals surface area contributed by atoms with Gasteiger partial charge in [-0.25, -0.2) is 8.78 Å². The van der Waals surface area contributed by atoms with Gasteiger partial charge >= 0.3 is 0 Å². The first-order valence-corrected chi connectivity index (χ1v) is 10.3. The molecule has 1 aliphatic heterocycles. The molecule has 2 atom stereocenters. The van der Waals surface area contributed by atoms with Gasteiger partial charge in [-0.2, -0.15) is 0 Å². The zero-order valence-corrected chi connectivity index (χ0v) is 17.9. The summed E-state index contributed by atoms with van der Waals surface area (Å²) in [5, 5.41) is 5.23. The lowest BCUT2D eigenvalue weighted by Crippen LogP contribution is -2.52. The number of amides is 3. The third-order valence-corrected chi connectivity index (χ3v) is 5.23. The predicted molar refractivity (Wildman–Crippen MR) is 116 cm³/mol. The van der Waals surface area contributed by atoms with Crippen LogP contribution in [0.15, 0.2) is 54.6 Å². The van der Waals surface area contributed by atoms with Crippen LogP contribution in [0.3, 0.4) is 0 Å². The molecular weight excluding hydrogens is 416 g/mol. The van der Waals surface area contributed by atoms with Gasteiger partial charge in [0.15, 0.2) is 0 Å². The monoisotopic (exact) mass is 441 g/mol. The number of hydrogen-bond donors (Lipinski definition) is 2. The number of halogens is 2. The Kier molecular flexibility index (Phi) is 7.35. The lowest BCUT2D eigenvalue weighted by Gasteiger charge is -2.23. The molecule has 0 aromatic heterocycles. The molecule has 0 aliphatic carbocycles. The van der Waals surface area contributed by atoms with E-state index in [1.807, 2.05) is 36.4 Å². The molecule has 0 fully saturated rings. The van der Waals surface area contributed by atoms with Crippen molar-refractivity contribution in [1.29, 1.82) is 0 Å². The van der Waals surface area contributed by atoms with Crippen molar-refractivity contribution in [2.24, 2.45) is 0 Å². The van der Waals surface area contributed by atoms with Crippen LogP contribution in [0.5, 0.6) is 0 Å². The number of nitrogens with one attached hydrogen (secondary N) is 2. The van der Waals surface area contributed by atoms with E-state index >= 15 is 0 Å². The van der Waals surface area contributed by atoms with Gasteiger partial charge in [0.05, 0.1) is 6.42 Å². The number of carbonyl (C=O) groups is 3. The minimum atomic E-state index is -0.938. The largest absolute Gasteiger partial charge is 0.344 e. The van der Waals surface area contributed by atoms with Gasteiger partial charge < -0.3 is 15.5 Å². The van der Waals surface area contributed by atoms with Gasteiger partial charge in [0, 0.05) is 26.1 Å². The molecule has 0 saturated heterocycles. The van der Waals surface area contributed by atoms with Gasteiger partial charge in [0.25, 0.3) is 0 Å². The third kappa shape index (κ3) is 6.00. The molecule has 168 valence electrons. The Balaban J connectivity index is 1.63. The van der Waals surface area contributed by atoms with Crippen molar-refractivity contribution < 1.29 is 23.2 Å². The van der Waals surface area contributed by atoms with Crippen LogP contribution in [0.2, 0.25) is 0 Å². The lowest BCUT2D eigenvalue weighted by molar-refractivity contribution is -0.135. The number of hydrogen-bond acceptors (Lipinski definition) is 3. The lowest BCUT2D eigenvalue weighted by atomic mass is 9.98. The first kappa shape index (κ1) is 23.1. The van der Waals surface area contributed by atoms with E-state index in [2.05, 4.69) is 10.6 Å². The molecule has 0 radical (unpaired) electrons. The Morgan fingerprint density at radius 3 is 2.44 bits per heavy atom. The Bertz CT molecular complexity index is 1020. The van der Waals surface area contributed by atoms with Crippen LogP contribution in [0.4, 0.5) is 8.78 Å². The molecule has 1 aliphatic rings.